The van der Waals surface area contributed by atoms with Crippen molar-refractivity contribution in [2.45, 2.75) is 19.6 Å². The zero-order valence-electron chi connectivity index (χ0n) is 11.0. The van der Waals surface area contributed by atoms with Crippen molar-refractivity contribution in [3.63, 3.8) is 0 Å². The Balaban J connectivity index is 2.27. The molecular weight excluding hydrogens is 267 g/mol. The summed E-state index contributed by atoms with van der Waals surface area (Å²) >= 11 is 0. The van der Waals surface area contributed by atoms with Crippen LogP contribution >= 0.6 is 0 Å². The first kappa shape index (κ1) is 12.9. The average molecular weight is 279 g/mol. The van der Waals surface area contributed by atoms with Crippen molar-refractivity contribution in [1.82, 2.24) is 9.78 Å². The summed E-state index contributed by atoms with van der Waals surface area (Å²) < 4.78 is 40.6. The van der Waals surface area contributed by atoms with Crippen LogP contribution in [0.2, 0.25) is 0 Å². The molecule has 1 aliphatic heterocycles. The highest BCUT2D eigenvalue weighted by Crippen LogP contribution is 2.37. The smallest absolute Gasteiger partial charge is 0.288 e. The molecule has 0 bridgehead atoms. The topological polar surface area (TPSA) is 30.2 Å². The molecule has 0 saturated carbocycles. The van der Waals surface area contributed by atoms with Gasteiger partial charge in [-0.2, -0.15) is 18.3 Å². The number of hydrogen-bond donors (Lipinski definition) is 0. The third-order valence-corrected chi connectivity index (χ3v) is 3.60. The number of benzene rings is 1. The van der Waals surface area contributed by atoms with Crippen LogP contribution in [0.4, 0.5) is 13.2 Å². The quantitative estimate of drug-likeness (QED) is 0.787. The molecule has 2 aromatic rings. The predicted octanol–water partition coefficient (Wildman–Crippen LogP) is 3.35. The van der Waals surface area contributed by atoms with E-state index in [9.17, 15) is 13.2 Å². The van der Waals surface area contributed by atoms with E-state index in [0.29, 0.717) is 23.2 Å². The van der Waals surface area contributed by atoms with Gasteiger partial charge in [0, 0.05) is 30.1 Å². The number of aliphatic imine (C=N–C) groups is 1. The first-order chi connectivity index (χ1) is 9.38. The molecule has 6 heteroatoms. The first-order valence-corrected chi connectivity index (χ1v) is 6.11. The van der Waals surface area contributed by atoms with E-state index in [2.05, 4.69) is 10.1 Å². The van der Waals surface area contributed by atoms with E-state index in [4.69, 9.17) is 0 Å². The van der Waals surface area contributed by atoms with E-state index >= 15 is 0 Å². The molecule has 0 spiro atoms. The van der Waals surface area contributed by atoms with Crippen LogP contribution in [-0.2, 0) is 19.8 Å². The third kappa shape index (κ3) is 1.92. The zero-order chi connectivity index (χ0) is 14.5. The van der Waals surface area contributed by atoms with Gasteiger partial charge in [-0.05, 0) is 30.2 Å². The van der Waals surface area contributed by atoms with Crippen LogP contribution in [0.15, 0.2) is 23.3 Å². The number of fused-ring (bicyclic) bond motifs is 1. The molecule has 2 heterocycles. The van der Waals surface area contributed by atoms with Crippen molar-refractivity contribution < 1.29 is 13.2 Å². The minimum absolute atomic E-state index is 0.297. The van der Waals surface area contributed by atoms with E-state index in [1.165, 1.54) is 12.1 Å². The van der Waals surface area contributed by atoms with E-state index < -0.39 is 11.7 Å². The van der Waals surface area contributed by atoms with Crippen LogP contribution in [-0.4, -0.2) is 16.0 Å². The first-order valence-electron chi connectivity index (χ1n) is 6.11. The van der Waals surface area contributed by atoms with Gasteiger partial charge in [0.25, 0.3) is 0 Å². The molecule has 0 aliphatic carbocycles. The van der Waals surface area contributed by atoms with Crippen molar-refractivity contribution in [2.24, 2.45) is 12.0 Å². The molecule has 0 fully saturated rings. The number of aryl methyl sites for hydroxylation is 1. The van der Waals surface area contributed by atoms with Crippen LogP contribution < -0.4 is 0 Å². The monoisotopic (exact) mass is 279 g/mol. The van der Waals surface area contributed by atoms with Crippen molar-refractivity contribution in [1.29, 1.82) is 0 Å². The Hall–Kier alpha value is -2.11. The van der Waals surface area contributed by atoms with E-state index in [1.54, 1.807) is 24.1 Å². The molecule has 1 aliphatic rings. The summed E-state index contributed by atoms with van der Waals surface area (Å²) in [6, 6.07) is 2.36. The summed E-state index contributed by atoms with van der Waals surface area (Å²) in [5.74, 6) is 0. The molecule has 3 rings (SSSR count). The Morgan fingerprint density at radius 2 is 1.95 bits per heavy atom. The van der Waals surface area contributed by atoms with E-state index in [-0.39, 0.29) is 0 Å². The summed E-state index contributed by atoms with van der Waals surface area (Å²) in [4.78, 5) is 4.08. The summed E-state index contributed by atoms with van der Waals surface area (Å²) in [7, 11) is 1.76. The van der Waals surface area contributed by atoms with Crippen LogP contribution in [0, 0.1) is 6.92 Å². The molecule has 3 nitrogen and oxygen atoms in total. The number of aromatic nitrogens is 2. The lowest BCUT2D eigenvalue weighted by Gasteiger charge is -2.13. The fourth-order valence-electron chi connectivity index (χ4n) is 2.38. The Labute approximate surface area is 113 Å². The fourth-order valence-corrected chi connectivity index (χ4v) is 2.38. The fraction of sp³-hybridized carbons (Fsp3) is 0.286. The lowest BCUT2D eigenvalue weighted by atomic mass is 9.94. The predicted molar refractivity (Wildman–Crippen MR) is 69.7 cm³/mol. The number of hydrogen-bond acceptors (Lipinski definition) is 2. The van der Waals surface area contributed by atoms with Gasteiger partial charge >= 0.3 is 6.18 Å². The number of nitrogens with zero attached hydrogens (tertiary/aromatic N) is 3. The maximum Gasteiger partial charge on any atom is 0.416 e. The Kier molecular flexibility index (Phi) is 2.70. The van der Waals surface area contributed by atoms with Gasteiger partial charge in [0.2, 0.25) is 0 Å². The Morgan fingerprint density at radius 1 is 1.20 bits per heavy atom. The number of alkyl halides is 3. The van der Waals surface area contributed by atoms with Gasteiger partial charge < -0.3 is 0 Å². The van der Waals surface area contributed by atoms with Crippen molar-refractivity contribution in [3.05, 3.63) is 40.7 Å². The van der Waals surface area contributed by atoms with Crippen molar-refractivity contribution >= 4 is 6.21 Å². The van der Waals surface area contributed by atoms with Crippen molar-refractivity contribution in [3.8, 4) is 11.1 Å². The summed E-state index contributed by atoms with van der Waals surface area (Å²) in [5.41, 5.74) is 2.81. The van der Waals surface area contributed by atoms with Crippen LogP contribution in [0.1, 0.15) is 22.4 Å². The highest BCUT2D eigenvalue weighted by atomic mass is 19.4. The second kappa shape index (κ2) is 4.19. The summed E-state index contributed by atoms with van der Waals surface area (Å²) in [6.45, 7) is 2.13. The molecule has 1 aromatic carbocycles. The highest BCUT2D eigenvalue weighted by Gasteiger charge is 2.33. The molecular formula is C14H12F3N3. The Bertz CT molecular complexity index is 711. The maximum absolute atomic E-state index is 13.0. The maximum atomic E-state index is 13.0. The van der Waals surface area contributed by atoms with Gasteiger partial charge in [-0.3, -0.25) is 9.67 Å². The summed E-state index contributed by atoms with van der Waals surface area (Å²) in [6.07, 6.45) is -1.13. The zero-order valence-corrected chi connectivity index (χ0v) is 11.0. The lowest BCUT2D eigenvalue weighted by Crippen LogP contribution is -2.07. The molecule has 104 valence electrons. The largest absolute Gasteiger partial charge is 0.416 e. The Morgan fingerprint density at radius 3 is 2.55 bits per heavy atom. The third-order valence-electron chi connectivity index (χ3n) is 3.60. The number of rotatable bonds is 1. The number of halogens is 3. The molecule has 0 amide bonds. The van der Waals surface area contributed by atoms with Crippen LogP contribution in [0.3, 0.4) is 0 Å². The van der Waals surface area contributed by atoms with E-state index in [0.717, 1.165) is 11.3 Å². The van der Waals surface area contributed by atoms with E-state index in [1.807, 2.05) is 6.92 Å². The second-order valence-electron chi connectivity index (χ2n) is 4.83. The van der Waals surface area contributed by atoms with Gasteiger partial charge in [-0.15, -0.1) is 0 Å². The molecule has 20 heavy (non-hydrogen) atoms. The summed E-state index contributed by atoms with van der Waals surface area (Å²) in [5, 5.41) is 4.10. The lowest BCUT2D eigenvalue weighted by molar-refractivity contribution is -0.137. The SMILES string of the molecule is Cc1c(-c2cc(C(F)(F)F)cc3c2C=NC3)cnn1C. The standard InChI is InChI=1S/C14H12F3N3/c1-8-12(7-19-20(8)2)11-4-10(14(15,16)17)3-9-5-18-6-13(9)11/h3-4,6-7H,5H2,1-2H3. The molecule has 1 aromatic heterocycles. The van der Waals surface area contributed by atoms with Gasteiger partial charge in [0.15, 0.2) is 0 Å². The van der Waals surface area contributed by atoms with Gasteiger partial charge in [-0.1, -0.05) is 0 Å². The molecule has 0 unspecified atom stereocenters. The van der Waals surface area contributed by atoms with Gasteiger partial charge in [-0.25, -0.2) is 0 Å². The molecule has 0 N–H and O–H groups in total. The highest BCUT2D eigenvalue weighted by molar-refractivity contribution is 5.94. The van der Waals surface area contributed by atoms with Crippen LogP contribution in [0.5, 0.6) is 0 Å². The minimum Gasteiger partial charge on any atom is -0.288 e. The average Bonchev–Trinajstić information content (AvgIpc) is 2.96. The van der Waals surface area contributed by atoms with Crippen LogP contribution in [0.25, 0.3) is 11.1 Å². The molecule has 0 radical (unpaired) electrons. The van der Waals surface area contributed by atoms with Gasteiger partial charge in [0.1, 0.15) is 0 Å². The molecule has 0 atom stereocenters. The minimum atomic E-state index is -4.36. The normalized spacial score (nSPS) is 13.8. The molecule has 0 saturated heterocycles. The van der Waals surface area contributed by atoms with Crippen molar-refractivity contribution in [2.75, 3.05) is 0 Å². The van der Waals surface area contributed by atoms with Gasteiger partial charge in [0.05, 0.1) is 18.3 Å². The second-order valence-corrected chi connectivity index (χ2v) is 4.83.